The van der Waals surface area contributed by atoms with E-state index in [1.807, 2.05) is 0 Å². The van der Waals surface area contributed by atoms with E-state index in [2.05, 4.69) is 5.10 Å². The summed E-state index contributed by atoms with van der Waals surface area (Å²) < 4.78 is 44.7. The van der Waals surface area contributed by atoms with Crippen LogP contribution >= 0.6 is 0 Å². The lowest BCUT2D eigenvalue weighted by atomic mass is 10.1. The third kappa shape index (κ3) is 2.59. The fourth-order valence-corrected chi connectivity index (χ4v) is 2.95. The molecule has 0 atom stereocenters. The maximum Gasteiger partial charge on any atom is 0.435 e. The first-order valence-electron chi connectivity index (χ1n) is 7.74. The lowest BCUT2D eigenvalue weighted by Gasteiger charge is -2.35. The smallest absolute Gasteiger partial charge is 0.435 e. The summed E-state index contributed by atoms with van der Waals surface area (Å²) in [6.07, 6.45) is -2.13. The van der Waals surface area contributed by atoms with Crippen molar-refractivity contribution in [2.24, 2.45) is 0 Å². The molecule has 1 aromatic carbocycles. The number of aromatic nitrogens is 2. The van der Waals surface area contributed by atoms with Crippen molar-refractivity contribution in [2.45, 2.75) is 31.2 Å². The Morgan fingerprint density at radius 1 is 1.24 bits per heavy atom. The largest absolute Gasteiger partial charge is 0.506 e. The number of phenolic OH excluding ortho intramolecular Hbond substituents is 1. The summed E-state index contributed by atoms with van der Waals surface area (Å²) >= 11 is 0. The molecular weight excluding hydrogens is 339 g/mol. The number of phenols is 1. The number of alkyl halides is 3. The van der Waals surface area contributed by atoms with E-state index in [0.717, 1.165) is 10.7 Å². The van der Waals surface area contributed by atoms with Crippen molar-refractivity contribution in [3.8, 4) is 11.5 Å². The second-order valence-electron chi connectivity index (χ2n) is 6.14. The summed E-state index contributed by atoms with van der Waals surface area (Å²) in [6.45, 7) is 0.138. The molecule has 1 amide bonds. The average molecular weight is 353 g/mol. The number of rotatable bonds is 3. The van der Waals surface area contributed by atoms with Gasteiger partial charge in [-0.05, 0) is 18.2 Å². The van der Waals surface area contributed by atoms with Crippen LogP contribution in [-0.2, 0) is 17.5 Å². The van der Waals surface area contributed by atoms with Crippen LogP contribution in [0.5, 0.6) is 11.5 Å². The lowest BCUT2D eigenvalue weighted by molar-refractivity contribution is -0.141. The minimum Gasteiger partial charge on any atom is -0.506 e. The molecule has 1 fully saturated rings. The van der Waals surface area contributed by atoms with Crippen molar-refractivity contribution >= 4 is 11.6 Å². The maximum atomic E-state index is 12.7. The van der Waals surface area contributed by atoms with Crippen molar-refractivity contribution in [2.75, 3.05) is 11.4 Å². The molecule has 1 saturated carbocycles. The fourth-order valence-electron chi connectivity index (χ4n) is 2.95. The van der Waals surface area contributed by atoms with Crippen LogP contribution in [0.3, 0.4) is 0 Å². The van der Waals surface area contributed by atoms with Gasteiger partial charge in [-0.15, -0.1) is 0 Å². The number of amides is 1. The number of anilines is 1. The Kier molecular flexibility index (Phi) is 3.25. The number of ether oxygens (including phenoxy) is 1. The fraction of sp³-hybridized carbons (Fsp3) is 0.375. The van der Waals surface area contributed by atoms with Gasteiger partial charge < -0.3 is 14.7 Å². The Balaban J connectivity index is 1.59. The molecule has 4 rings (SSSR count). The van der Waals surface area contributed by atoms with Gasteiger partial charge in [0.15, 0.2) is 11.3 Å². The van der Waals surface area contributed by atoms with Gasteiger partial charge in [0.2, 0.25) is 0 Å². The van der Waals surface area contributed by atoms with E-state index in [9.17, 15) is 23.1 Å². The summed E-state index contributed by atoms with van der Waals surface area (Å²) in [4.78, 5) is 14.1. The van der Waals surface area contributed by atoms with Crippen molar-refractivity contribution in [3.63, 3.8) is 0 Å². The van der Waals surface area contributed by atoms with Crippen LogP contribution < -0.4 is 9.64 Å². The van der Waals surface area contributed by atoms with Crippen LogP contribution in [0.1, 0.15) is 18.5 Å². The van der Waals surface area contributed by atoms with Gasteiger partial charge >= 0.3 is 6.18 Å². The molecule has 6 nitrogen and oxygen atoms in total. The second-order valence-corrected chi connectivity index (χ2v) is 6.14. The minimum absolute atomic E-state index is 0.0612. The zero-order chi connectivity index (χ0) is 17.8. The van der Waals surface area contributed by atoms with Gasteiger partial charge in [-0.1, -0.05) is 6.07 Å². The third-order valence-electron chi connectivity index (χ3n) is 4.38. The van der Waals surface area contributed by atoms with Crippen LogP contribution in [0, 0.1) is 0 Å². The van der Waals surface area contributed by atoms with Gasteiger partial charge in [0.25, 0.3) is 5.91 Å². The Hall–Kier alpha value is -2.71. The van der Waals surface area contributed by atoms with Gasteiger partial charge in [0.1, 0.15) is 17.2 Å². The van der Waals surface area contributed by atoms with Gasteiger partial charge in [-0.3, -0.25) is 9.48 Å². The molecule has 0 unspecified atom stereocenters. The number of aromatic hydroxyl groups is 1. The van der Waals surface area contributed by atoms with Crippen molar-refractivity contribution in [1.82, 2.24) is 9.78 Å². The maximum absolute atomic E-state index is 12.7. The molecule has 1 N–H and O–H groups in total. The van der Waals surface area contributed by atoms with Gasteiger partial charge in [-0.2, -0.15) is 18.3 Å². The van der Waals surface area contributed by atoms with Crippen molar-refractivity contribution < 1.29 is 27.8 Å². The SMILES string of the molecule is O=C1N(CCn2ccc(C(F)(F)F)n2)c2c(O)cccc2OC12CC2. The van der Waals surface area contributed by atoms with Crippen molar-refractivity contribution in [1.29, 1.82) is 0 Å². The molecule has 132 valence electrons. The zero-order valence-electron chi connectivity index (χ0n) is 13.0. The summed E-state index contributed by atoms with van der Waals surface area (Å²) in [7, 11) is 0. The van der Waals surface area contributed by atoms with E-state index in [4.69, 9.17) is 4.74 Å². The van der Waals surface area contributed by atoms with Crippen molar-refractivity contribution in [3.05, 3.63) is 36.2 Å². The molecule has 0 bridgehead atoms. The zero-order valence-corrected chi connectivity index (χ0v) is 13.0. The predicted molar refractivity (Wildman–Crippen MR) is 80.3 cm³/mol. The molecule has 0 radical (unpaired) electrons. The first-order chi connectivity index (χ1) is 11.8. The number of hydrogen-bond acceptors (Lipinski definition) is 4. The highest BCUT2D eigenvalue weighted by Gasteiger charge is 2.58. The van der Waals surface area contributed by atoms with E-state index in [1.54, 1.807) is 12.1 Å². The predicted octanol–water partition coefficient (Wildman–Crippen LogP) is 2.57. The number of para-hydroxylation sites is 1. The molecule has 2 aromatic rings. The van der Waals surface area contributed by atoms with Crippen LogP contribution in [-0.4, -0.2) is 32.9 Å². The topological polar surface area (TPSA) is 67.6 Å². The standard InChI is InChI=1S/C16H14F3N3O3/c17-16(18,19)12-4-7-21(20-12)8-9-22-13-10(23)2-1-3-11(13)25-15(5-6-15)14(22)24/h1-4,7,23H,5-6,8-9H2. The number of benzene rings is 1. The van der Waals surface area contributed by atoms with E-state index < -0.39 is 17.5 Å². The van der Waals surface area contributed by atoms with Crippen LogP contribution in [0.2, 0.25) is 0 Å². The Labute approximate surface area is 140 Å². The summed E-state index contributed by atoms with van der Waals surface area (Å²) in [5, 5.41) is 13.6. The molecule has 1 spiro atoms. The monoisotopic (exact) mass is 353 g/mol. The molecule has 25 heavy (non-hydrogen) atoms. The molecule has 2 aliphatic rings. The Bertz CT molecular complexity index is 843. The first kappa shape index (κ1) is 15.8. The number of carbonyl (C=O) groups excluding carboxylic acids is 1. The van der Waals surface area contributed by atoms with Crippen LogP contribution in [0.4, 0.5) is 18.9 Å². The van der Waals surface area contributed by atoms with Crippen LogP contribution in [0.25, 0.3) is 0 Å². The average Bonchev–Trinajstić information content (AvgIpc) is 3.13. The number of fused-ring (bicyclic) bond motifs is 1. The molecule has 9 heteroatoms. The highest BCUT2D eigenvalue weighted by Crippen LogP contribution is 2.51. The van der Waals surface area contributed by atoms with E-state index in [-0.39, 0.29) is 30.4 Å². The molecule has 0 saturated heterocycles. The number of halogens is 3. The van der Waals surface area contributed by atoms with Crippen LogP contribution in [0.15, 0.2) is 30.5 Å². The number of hydrogen-bond donors (Lipinski definition) is 1. The summed E-state index contributed by atoms with van der Waals surface area (Å²) in [5.41, 5.74) is -1.64. The van der Waals surface area contributed by atoms with E-state index in [0.29, 0.717) is 18.6 Å². The summed E-state index contributed by atoms with van der Waals surface area (Å²) in [6, 6.07) is 5.59. The highest BCUT2D eigenvalue weighted by molar-refractivity contribution is 6.05. The summed E-state index contributed by atoms with van der Waals surface area (Å²) in [5.74, 6) is -0.00366. The van der Waals surface area contributed by atoms with E-state index in [1.165, 1.54) is 17.2 Å². The highest BCUT2D eigenvalue weighted by atomic mass is 19.4. The normalized spacial score (nSPS) is 18.2. The molecular formula is C16H14F3N3O3. The lowest BCUT2D eigenvalue weighted by Crippen LogP contribution is -2.48. The Morgan fingerprint density at radius 2 is 2.00 bits per heavy atom. The molecule has 1 aromatic heterocycles. The second kappa shape index (κ2) is 5.14. The van der Waals surface area contributed by atoms with Gasteiger partial charge in [0, 0.05) is 25.6 Å². The Morgan fingerprint density at radius 3 is 2.64 bits per heavy atom. The van der Waals surface area contributed by atoms with E-state index >= 15 is 0 Å². The molecule has 1 aliphatic heterocycles. The molecule has 1 aliphatic carbocycles. The number of carbonyl (C=O) groups is 1. The number of nitrogens with zero attached hydrogens (tertiary/aromatic N) is 3. The molecule has 2 heterocycles. The van der Waals surface area contributed by atoms with Gasteiger partial charge in [-0.25, -0.2) is 0 Å². The third-order valence-corrected chi connectivity index (χ3v) is 4.38. The quantitative estimate of drug-likeness (QED) is 0.921. The minimum atomic E-state index is -4.51. The van der Waals surface area contributed by atoms with Gasteiger partial charge in [0.05, 0.1) is 6.54 Å². The first-order valence-corrected chi connectivity index (χ1v) is 7.74.